The molecule has 102 valence electrons. The molecule has 0 unspecified atom stereocenters. The molecule has 20 heavy (non-hydrogen) atoms. The molecule has 3 nitrogen and oxygen atoms in total. The van der Waals surface area contributed by atoms with Crippen molar-refractivity contribution in [1.29, 1.82) is 0 Å². The van der Waals surface area contributed by atoms with E-state index in [1.165, 1.54) is 0 Å². The highest BCUT2D eigenvalue weighted by atomic mass is 15.1. The SMILES string of the molecule is C=C/C=C\c1c(C=C)nc2[nH]c(/C=C\C)c(/C=C\C)n12. The quantitative estimate of drug-likeness (QED) is 0.789. The van der Waals surface area contributed by atoms with Gasteiger partial charge >= 0.3 is 0 Å². The Bertz CT molecular complexity index is 721. The Kier molecular flexibility index (Phi) is 4.20. The van der Waals surface area contributed by atoms with E-state index in [-0.39, 0.29) is 0 Å². The predicted molar refractivity (Wildman–Crippen MR) is 88.3 cm³/mol. The molecule has 2 heterocycles. The number of nitrogens with zero attached hydrogens (tertiary/aromatic N) is 2. The van der Waals surface area contributed by atoms with Gasteiger partial charge in [0.15, 0.2) is 0 Å². The zero-order valence-corrected chi connectivity index (χ0v) is 11.9. The van der Waals surface area contributed by atoms with Crippen LogP contribution in [0, 0.1) is 0 Å². The molecule has 0 aromatic carbocycles. The van der Waals surface area contributed by atoms with E-state index in [9.17, 15) is 0 Å². The van der Waals surface area contributed by atoms with Crippen LogP contribution in [0.3, 0.4) is 0 Å². The molecule has 0 aliphatic heterocycles. The van der Waals surface area contributed by atoms with Crippen LogP contribution in [0.5, 0.6) is 0 Å². The second kappa shape index (κ2) is 6.06. The zero-order chi connectivity index (χ0) is 14.5. The first-order valence-electron chi connectivity index (χ1n) is 6.58. The molecule has 0 saturated heterocycles. The fourth-order valence-electron chi connectivity index (χ4n) is 2.17. The van der Waals surface area contributed by atoms with Crippen molar-refractivity contribution < 1.29 is 0 Å². The van der Waals surface area contributed by atoms with Crippen molar-refractivity contribution in [2.75, 3.05) is 0 Å². The molecule has 2 aromatic heterocycles. The van der Waals surface area contributed by atoms with Crippen molar-refractivity contribution in [3.63, 3.8) is 0 Å². The van der Waals surface area contributed by atoms with E-state index in [2.05, 4.69) is 33.6 Å². The van der Waals surface area contributed by atoms with E-state index >= 15 is 0 Å². The Hall–Kier alpha value is -2.55. The van der Waals surface area contributed by atoms with Gasteiger partial charge in [0.1, 0.15) is 0 Å². The summed E-state index contributed by atoms with van der Waals surface area (Å²) in [5, 5.41) is 0. The minimum Gasteiger partial charge on any atom is -0.323 e. The third-order valence-corrected chi connectivity index (χ3v) is 2.95. The van der Waals surface area contributed by atoms with Crippen molar-refractivity contribution in [1.82, 2.24) is 14.4 Å². The number of H-pyrrole nitrogens is 1. The molecule has 2 rings (SSSR count). The molecular formula is C17H19N3. The fraction of sp³-hybridized carbons (Fsp3) is 0.118. The lowest BCUT2D eigenvalue weighted by molar-refractivity contribution is 1.17. The van der Waals surface area contributed by atoms with Gasteiger partial charge in [0, 0.05) is 0 Å². The Morgan fingerprint density at radius 1 is 1.05 bits per heavy atom. The standard InChI is InChI=1S/C17H19N3/c1-5-9-12-16-13(8-4)18-17-19-14(10-6-2)15(11-7-3)20(16)17/h5-12H,1,4H2,2-3H3,(H,18,19)/b10-6-,11-7-,12-9-. The van der Waals surface area contributed by atoms with Gasteiger partial charge in [-0.15, -0.1) is 0 Å². The van der Waals surface area contributed by atoms with Crippen LogP contribution in [0.25, 0.3) is 30.1 Å². The number of hydrogen-bond acceptors (Lipinski definition) is 1. The van der Waals surface area contributed by atoms with Gasteiger partial charge < -0.3 is 4.98 Å². The molecule has 0 saturated carbocycles. The van der Waals surface area contributed by atoms with Crippen LogP contribution in [0.1, 0.15) is 36.6 Å². The van der Waals surface area contributed by atoms with Crippen molar-refractivity contribution in [2.45, 2.75) is 13.8 Å². The summed E-state index contributed by atoms with van der Waals surface area (Å²) in [6, 6.07) is 0. The average Bonchev–Trinajstić information content (AvgIpc) is 2.94. The van der Waals surface area contributed by atoms with Crippen LogP contribution in [-0.4, -0.2) is 14.4 Å². The molecular weight excluding hydrogens is 246 g/mol. The number of hydrogen-bond donors (Lipinski definition) is 1. The second-order valence-corrected chi connectivity index (χ2v) is 4.26. The number of nitrogens with one attached hydrogen (secondary N) is 1. The van der Waals surface area contributed by atoms with Gasteiger partial charge in [0.2, 0.25) is 5.78 Å². The summed E-state index contributed by atoms with van der Waals surface area (Å²) in [4.78, 5) is 7.89. The number of aromatic nitrogens is 3. The first-order chi connectivity index (χ1) is 9.76. The van der Waals surface area contributed by atoms with Crippen LogP contribution in [0.4, 0.5) is 0 Å². The van der Waals surface area contributed by atoms with Gasteiger partial charge in [-0.1, -0.05) is 37.5 Å². The van der Waals surface area contributed by atoms with Crippen molar-refractivity contribution in [3.05, 3.63) is 60.2 Å². The highest BCUT2D eigenvalue weighted by Crippen LogP contribution is 2.22. The lowest BCUT2D eigenvalue weighted by Crippen LogP contribution is -1.90. The topological polar surface area (TPSA) is 33.1 Å². The van der Waals surface area contributed by atoms with Crippen LogP contribution in [0.15, 0.2) is 37.5 Å². The van der Waals surface area contributed by atoms with Gasteiger partial charge in [0.25, 0.3) is 0 Å². The van der Waals surface area contributed by atoms with E-state index in [0.717, 1.165) is 28.6 Å². The molecule has 0 bridgehead atoms. The number of rotatable bonds is 5. The molecule has 3 heteroatoms. The number of fused-ring (bicyclic) bond motifs is 1. The summed E-state index contributed by atoms with van der Waals surface area (Å²) in [6.07, 6.45) is 15.5. The van der Waals surface area contributed by atoms with E-state index in [1.54, 1.807) is 12.2 Å². The smallest absolute Gasteiger partial charge is 0.213 e. The van der Waals surface area contributed by atoms with Crippen molar-refractivity contribution in [3.8, 4) is 0 Å². The Morgan fingerprint density at radius 2 is 1.80 bits per heavy atom. The lowest BCUT2D eigenvalue weighted by Gasteiger charge is -1.99. The van der Waals surface area contributed by atoms with E-state index in [1.807, 2.05) is 44.2 Å². The maximum atomic E-state index is 4.57. The molecule has 1 N–H and O–H groups in total. The van der Waals surface area contributed by atoms with E-state index < -0.39 is 0 Å². The summed E-state index contributed by atoms with van der Waals surface area (Å²) < 4.78 is 2.09. The molecule has 0 amide bonds. The maximum Gasteiger partial charge on any atom is 0.213 e. The second-order valence-electron chi connectivity index (χ2n) is 4.26. The molecule has 0 atom stereocenters. The van der Waals surface area contributed by atoms with Crippen LogP contribution in [-0.2, 0) is 0 Å². The van der Waals surface area contributed by atoms with Crippen LogP contribution >= 0.6 is 0 Å². The minimum absolute atomic E-state index is 0.810. The molecule has 0 spiro atoms. The molecule has 0 fully saturated rings. The van der Waals surface area contributed by atoms with Gasteiger partial charge in [-0.25, -0.2) is 4.98 Å². The summed E-state index contributed by atoms with van der Waals surface area (Å²) in [5.41, 5.74) is 3.96. The predicted octanol–water partition coefficient (Wildman–Crippen LogP) is 4.57. The van der Waals surface area contributed by atoms with Crippen LogP contribution < -0.4 is 0 Å². The summed E-state index contributed by atoms with van der Waals surface area (Å²) in [7, 11) is 0. The highest BCUT2D eigenvalue weighted by Gasteiger charge is 2.14. The number of aromatic amines is 1. The first kappa shape index (κ1) is 13.9. The maximum absolute atomic E-state index is 4.57. The Labute approximate surface area is 119 Å². The van der Waals surface area contributed by atoms with Crippen molar-refractivity contribution >= 4 is 30.1 Å². The third kappa shape index (κ3) is 2.30. The number of imidazole rings is 2. The Morgan fingerprint density at radius 3 is 2.40 bits per heavy atom. The summed E-state index contributed by atoms with van der Waals surface area (Å²) >= 11 is 0. The van der Waals surface area contributed by atoms with Gasteiger partial charge in [-0.05, 0) is 38.2 Å². The Balaban J connectivity index is 2.82. The van der Waals surface area contributed by atoms with Gasteiger partial charge in [0.05, 0.1) is 22.8 Å². The summed E-state index contributed by atoms with van der Waals surface area (Å²) in [5.74, 6) is 0.810. The first-order valence-corrected chi connectivity index (χ1v) is 6.58. The normalized spacial score (nSPS) is 12.3. The molecule has 0 aliphatic carbocycles. The highest BCUT2D eigenvalue weighted by molar-refractivity contribution is 5.71. The third-order valence-electron chi connectivity index (χ3n) is 2.95. The van der Waals surface area contributed by atoms with Gasteiger partial charge in [-0.2, -0.15) is 0 Å². The average molecular weight is 265 g/mol. The number of allylic oxidation sites excluding steroid dienone is 4. The summed E-state index contributed by atoms with van der Waals surface area (Å²) in [6.45, 7) is 11.5. The lowest BCUT2D eigenvalue weighted by atomic mass is 10.2. The van der Waals surface area contributed by atoms with Crippen LogP contribution in [0.2, 0.25) is 0 Å². The monoisotopic (exact) mass is 265 g/mol. The van der Waals surface area contributed by atoms with Gasteiger partial charge in [-0.3, -0.25) is 4.40 Å². The van der Waals surface area contributed by atoms with E-state index in [4.69, 9.17) is 0 Å². The molecule has 2 aromatic rings. The fourth-order valence-corrected chi connectivity index (χ4v) is 2.17. The van der Waals surface area contributed by atoms with E-state index in [0.29, 0.717) is 0 Å². The largest absolute Gasteiger partial charge is 0.323 e. The minimum atomic E-state index is 0.810. The zero-order valence-electron chi connectivity index (χ0n) is 11.9. The van der Waals surface area contributed by atoms with Crippen molar-refractivity contribution in [2.24, 2.45) is 0 Å². The molecule has 0 radical (unpaired) electrons. The molecule has 0 aliphatic rings.